The lowest BCUT2D eigenvalue weighted by Gasteiger charge is -2.13. The SMILES string of the molecule is CCc1ccc(CCC(COC)NC)s1. The van der Waals surface area contributed by atoms with E-state index in [2.05, 4.69) is 24.4 Å². The van der Waals surface area contributed by atoms with Crippen molar-refractivity contribution < 1.29 is 4.74 Å². The maximum absolute atomic E-state index is 5.15. The summed E-state index contributed by atoms with van der Waals surface area (Å²) >= 11 is 1.93. The Morgan fingerprint density at radius 3 is 2.67 bits per heavy atom. The van der Waals surface area contributed by atoms with Crippen molar-refractivity contribution in [3.8, 4) is 0 Å². The fourth-order valence-corrected chi connectivity index (χ4v) is 2.55. The molecule has 0 aliphatic carbocycles. The summed E-state index contributed by atoms with van der Waals surface area (Å²) in [4.78, 5) is 2.97. The van der Waals surface area contributed by atoms with Crippen LogP contribution in [-0.4, -0.2) is 26.8 Å². The molecule has 1 aromatic rings. The first kappa shape index (κ1) is 12.7. The van der Waals surface area contributed by atoms with E-state index in [1.165, 1.54) is 9.75 Å². The molecule has 15 heavy (non-hydrogen) atoms. The molecule has 86 valence electrons. The highest BCUT2D eigenvalue weighted by molar-refractivity contribution is 7.11. The highest BCUT2D eigenvalue weighted by Crippen LogP contribution is 2.18. The molecular weight excluding hydrogens is 206 g/mol. The van der Waals surface area contributed by atoms with Crippen LogP contribution in [0.3, 0.4) is 0 Å². The fourth-order valence-electron chi connectivity index (χ4n) is 1.58. The van der Waals surface area contributed by atoms with Crippen LogP contribution in [0.2, 0.25) is 0 Å². The van der Waals surface area contributed by atoms with Gasteiger partial charge in [0.1, 0.15) is 0 Å². The van der Waals surface area contributed by atoms with E-state index in [1.54, 1.807) is 7.11 Å². The topological polar surface area (TPSA) is 21.3 Å². The molecular formula is C12H21NOS. The zero-order valence-corrected chi connectivity index (χ0v) is 10.7. The first-order valence-corrected chi connectivity index (χ1v) is 6.35. The number of rotatable bonds is 7. The molecule has 0 aliphatic heterocycles. The van der Waals surface area contributed by atoms with E-state index in [1.807, 2.05) is 18.4 Å². The van der Waals surface area contributed by atoms with Crippen molar-refractivity contribution in [2.75, 3.05) is 20.8 Å². The number of likely N-dealkylation sites (N-methyl/N-ethyl adjacent to an activating group) is 1. The Morgan fingerprint density at radius 1 is 1.40 bits per heavy atom. The molecule has 1 N–H and O–H groups in total. The monoisotopic (exact) mass is 227 g/mol. The summed E-state index contributed by atoms with van der Waals surface area (Å²) < 4.78 is 5.15. The van der Waals surface area contributed by atoms with Crippen molar-refractivity contribution in [2.45, 2.75) is 32.2 Å². The Bertz CT molecular complexity index is 272. The van der Waals surface area contributed by atoms with Crippen LogP contribution >= 0.6 is 11.3 Å². The number of hydrogen-bond acceptors (Lipinski definition) is 3. The lowest BCUT2D eigenvalue weighted by Crippen LogP contribution is -2.30. The summed E-state index contributed by atoms with van der Waals surface area (Å²) in [7, 11) is 3.75. The summed E-state index contributed by atoms with van der Waals surface area (Å²) in [5, 5.41) is 3.27. The van der Waals surface area contributed by atoms with E-state index in [0.717, 1.165) is 25.9 Å². The Kier molecular flexibility index (Phi) is 5.91. The molecule has 1 aromatic heterocycles. The lowest BCUT2D eigenvalue weighted by molar-refractivity contribution is 0.166. The quantitative estimate of drug-likeness (QED) is 0.772. The second-order valence-electron chi connectivity index (χ2n) is 3.70. The highest BCUT2D eigenvalue weighted by atomic mass is 32.1. The Balaban J connectivity index is 2.34. The molecule has 1 rings (SSSR count). The maximum atomic E-state index is 5.15. The summed E-state index contributed by atoms with van der Waals surface area (Å²) in [6, 6.07) is 4.97. The molecule has 1 heterocycles. The average Bonchev–Trinajstić information content (AvgIpc) is 2.72. The van der Waals surface area contributed by atoms with Gasteiger partial charge in [0.25, 0.3) is 0 Å². The third kappa shape index (κ3) is 4.33. The zero-order chi connectivity index (χ0) is 11.1. The van der Waals surface area contributed by atoms with Crippen LogP contribution < -0.4 is 5.32 Å². The molecule has 0 aromatic carbocycles. The van der Waals surface area contributed by atoms with Crippen molar-refractivity contribution in [3.63, 3.8) is 0 Å². The van der Waals surface area contributed by atoms with E-state index in [4.69, 9.17) is 4.74 Å². The summed E-state index contributed by atoms with van der Waals surface area (Å²) in [6.45, 7) is 3.00. The molecule has 3 heteroatoms. The predicted molar refractivity (Wildman–Crippen MR) is 66.7 cm³/mol. The van der Waals surface area contributed by atoms with Crippen LogP contribution in [-0.2, 0) is 17.6 Å². The van der Waals surface area contributed by atoms with Gasteiger partial charge in [-0.2, -0.15) is 0 Å². The average molecular weight is 227 g/mol. The second-order valence-corrected chi connectivity index (χ2v) is 4.95. The molecule has 0 fully saturated rings. The van der Waals surface area contributed by atoms with Crippen molar-refractivity contribution in [1.29, 1.82) is 0 Å². The first-order chi connectivity index (χ1) is 7.30. The number of ether oxygens (including phenoxy) is 1. The standard InChI is InChI=1S/C12H21NOS/c1-4-11-7-8-12(15-11)6-5-10(13-2)9-14-3/h7-8,10,13H,4-6,9H2,1-3H3. The van der Waals surface area contributed by atoms with Crippen LogP contribution in [0.15, 0.2) is 12.1 Å². The zero-order valence-electron chi connectivity index (χ0n) is 9.88. The molecule has 0 bridgehead atoms. The Hall–Kier alpha value is -0.380. The van der Waals surface area contributed by atoms with Gasteiger partial charge in [0.05, 0.1) is 6.61 Å². The predicted octanol–water partition coefficient (Wildman–Crippen LogP) is 2.48. The van der Waals surface area contributed by atoms with E-state index in [0.29, 0.717) is 6.04 Å². The minimum Gasteiger partial charge on any atom is -0.383 e. The fraction of sp³-hybridized carbons (Fsp3) is 0.667. The van der Waals surface area contributed by atoms with E-state index in [-0.39, 0.29) is 0 Å². The van der Waals surface area contributed by atoms with E-state index in [9.17, 15) is 0 Å². The van der Waals surface area contributed by atoms with Crippen LogP contribution in [0, 0.1) is 0 Å². The van der Waals surface area contributed by atoms with Crippen molar-refractivity contribution >= 4 is 11.3 Å². The molecule has 1 unspecified atom stereocenters. The Labute approximate surface area is 96.7 Å². The molecule has 2 nitrogen and oxygen atoms in total. The summed E-state index contributed by atoms with van der Waals surface area (Å²) in [5.41, 5.74) is 0. The minimum absolute atomic E-state index is 0.474. The summed E-state index contributed by atoms with van der Waals surface area (Å²) in [5.74, 6) is 0. The third-order valence-corrected chi connectivity index (χ3v) is 3.87. The molecule has 1 atom stereocenters. The highest BCUT2D eigenvalue weighted by Gasteiger charge is 2.06. The van der Waals surface area contributed by atoms with Crippen molar-refractivity contribution in [3.05, 3.63) is 21.9 Å². The number of hydrogen-bond donors (Lipinski definition) is 1. The van der Waals surface area contributed by atoms with Gasteiger partial charge in [-0.3, -0.25) is 0 Å². The van der Waals surface area contributed by atoms with Gasteiger partial charge in [-0.25, -0.2) is 0 Å². The van der Waals surface area contributed by atoms with Gasteiger partial charge in [0.2, 0.25) is 0 Å². The largest absolute Gasteiger partial charge is 0.383 e. The van der Waals surface area contributed by atoms with E-state index < -0.39 is 0 Å². The van der Waals surface area contributed by atoms with Crippen LogP contribution in [0.4, 0.5) is 0 Å². The molecule has 0 aliphatic rings. The smallest absolute Gasteiger partial charge is 0.0615 e. The second kappa shape index (κ2) is 6.99. The van der Waals surface area contributed by atoms with Crippen LogP contribution in [0.5, 0.6) is 0 Å². The number of methoxy groups -OCH3 is 1. The van der Waals surface area contributed by atoms with Gasteiger partial charge in [-0.15, -0.1) is 11.3 Å². The molecule has 0 saturated heterocycles. The third-order valence-electron chi connectivity index (χ3n) is 2.58. The molecule has 0 saturated carbocycles. The van der Waals surface area contributed by atoms with Crippen LogP contribution in [0.25, 0.3) is 0 Å². The lowest BCUT2D eigenvalue weighted by atomic mass is 10.1. The van der Waals surface area contributed by atoms with Gasteiger partial charge < -0.3 is 10.1 Å². The van der Waals surface area contributed by atoms with Crippen molar-refractivity contribution in [2.24, 2.45) is 0 Å². The van der Waals surface area contributed by atoms with Gasteiger partial charge in [-0.1, -0.05) is 6.92 Å². The van der Waals surface area contributed by atoms with Gasteiger partial charge in [0.15, 0.2) is 0 Å². The summed E-state index contributed by atoms with van der Waals surface area (Å²) in [6.07, 6.45) is 3.45. The Morgan fingerprint density at radius 2 is 2.13 bits per heavy atom. The van der Waals surface area contributed by atoms with Crippen LogP contribution in [0.1, 0.15) is 23.1 Å². The van der Waals surface area contributed by atoms with E-state index >= 15 is 0 Å². The van der Waals surface area contributed by atoms with Gasteiger partial charge in [-0.05, 0) is 38.4 Å². The molecule has 0 radical (unpaired) electrons. The van der Waals surface area contributed by atoms with Gasteiger partial charge >= 0.3 is 0 Å². The van der Waals surface area contributed by atoms with Crippen molar-refractivity contribution in [1.82, 2.24) is 5.32 Å². The van der Waals surface area contributed by atoms with Gasteiger partial charge in [0, 0.05) is 22.9 Å². The molecule has 0 amide bonds. The molecule has 0 spiro atoms. The number of aryl methyl sites for hydroxylation is 2. The minimum atomic E-state index is 0.474. The number of thiophene rings is 1. The number of nitrogens with one attached hydrogen (secondary N) is 1. The normalized spacial score (nSPS) is 13.0. The first-order valence-electron chi connectivity index (χ1n) is 5.54. The maximum Gasteiger partial charge on any atom is 0.0615 e.